The zero-order chi connectivity index (χ0) is 15.0. The normalized spacial score (nSPS) is 12.4. The Balaban J connectivity index is 2.39. The summed E-state index contributed by atoms with van der Waals surface area (Å²) in [4.78, 5) is 4.53. The van der Waals surface area contributed by atoms with Gasteiger partial charge in [0.1, 0.15) is 0 Å². The van der Waals surface area contributed by atoms with Crippen molar-refractivity contribution in [1.82, 2.24) is 4.98 Å². The van der Waals surface area contributed by atoms with E-state index in [1.165, 1.54) is 5.56 Å². The maximum Gasteiger partial charge on any atom is 0.0704 e. The predicted octanol–water partition coefficient (Wildman–Crippen LogP) is 3.59. The van der Waals surface area contributed by atoms with Crippen molar-refractivity contribution >= 4 is 15.7 Å². The highest BCUT2D eigenvalue weighted by Crippen LogP contribution is 2.36. The number of hydrogen-bond acceptors (Lipinski definition) is 1. The van der Waals surface area contributed by atoms with Crippen LogP contribution in [-0.2, 0) is 5.21 Å². The highest BCUT2D eigenvalue weighted by Gasteiger charge is 2.33. The zero-order valence-corrected chi connectivity index (χ0v) is 12.6. The summed E-state index contributed by atoms with van der Waals surface area (Å²) in [5, 5.41) is -0.899. The Labute approximate surface area is 124 Å². The molecular formula is C17H19B2N. The van der Waals surface area contributed by atoms with Crippen LogP contribution >= 0.6 is 0 Å². The molecule has 2 aromatic rings. The van der Waals surface area contributed by atoms with E-state index in [9.17, 15) is 0 Å². The minimum Gasteiger partial charge on any atom is -0.256 e. The fourth-order valence-electron chi connectivity index (χ4n) is 2.09. The fourth-order valence-corrected chi connectivity index (χ4v) is 2.09. The van der Waals surface area contributed by atoms with E-state index in [2.05, 4.69) is 24.0 Å². The Hall–Kier alpha value is -1.50. The van der Waals surface area contributed by atoms with Crippen LogP contribution in [0.3, 0.4) is 0 Å². The molecule has 20 heavy (non-hydrogen) atoms. The van der Waals surface area contributed by atoms with Gasteiger partial charge in [0.05, 0.1) is 21.4 Å². The Bertz CT molecular complexity index is 595. The minimum atomic E-state index is -0.899. The van der Waals surface area contributed by atoms with Crippen LogP contribution in [0.2, 0.25) is 0 Å². The SMILES string of the molecule is [B]C([B])(c1ccc(-c2ccccc2C)nc1)C(C)(C)C. The molecule has 98 valence electrons. The minimum absolute atomic E-state index is 0.237. The van der Waals surface area contributed by atoms with Gasteiger partial charge in [0.2, 0.25) is 0 Å². The van der Waals surface area contributed by atoms with E-state index in [-0.39, 0.29) is 5.41 Å². The van der Waals surface area contributed by atoms with Gasteiger partial charge in [-0.3, -0.25) is 4.98 Å². The molecule has 0 aliphatic carbocycles. The van der Waals surface area contributed by atoms with Crippen molar-refractivity contribution in [3.8, 4) is 11.3 Å². The first-order chi connectivity index (χ1) is 9.23. The van der Waals surface area contributed by atoms with Crippen LogP contribution < -0.4 is 0 Å². The number of pyridine rings is 1. The third-order valence-electron chi connectivity index (χ3n) is 3.90. The van der Waals surface area contributed by atoms with Crippen molar-refractivity contribution in [3.05, 3.63) is 53.7 Å². The molecule has 2 rings (SSSR count). The number of aromatic nitrogens is 1. The predicted molar refractivity (Wildman–Crippen MR) is 87.1 cm³/mol. The van der Waals surface area contributed by atoms with Crippen LogP contribution in [0.4, 0.5) is 0 Å². The molecule has 0 fully saturated rings. The van der Waals surface area contributed by atoms with Crippen molar-refractivity contribution in [2.75, 3.05) is 0 Å². The first-order valence-corrected chi connectivity index (χ1v) is 6.84. The summed E-state index contributed by atoms with van der Waals surface area (Å²) in [6, 6.07) is 12.1. The number of benzene rings is 1. The molecule has 1 heterocycles. The largest absolute Gasteiger partial charge is 0.256 e. The molecule has 1 aromatic heterocycles. The van der Waals surface area contributed by atoms with Gasteiger partial charge in [-0.1, -0.05) is 56.3 Å². The Morgan fingerprint density at radius 1 is 0.950 bits per heavy atom. The standard InChI is InChI=1S/C17H19B2N/c1-12-7-5-6-8-14(12)15-10-9-13(11-20-15)17(18,19)16(2,3)4/h5-11H,1-4H3. The van der Waals surface area contributed by atoms with Gasteiger partial charge in [0.15, 0.2) is 0 Å². The van der Waals surface area contributed by atoms with Crippen molar-refractivity contribution < 1.29 is 0 Å². The van der Waals surface area contributed by atoms with E-state index in [1.807, 2.05) is 45.0 Å². The quantitative estimate of drug-likeness (QED) is 0.751. The second-order valence-corrected chi connectivity index (χ2v) is 6.37. The van der Waals surface area contributed by atoms with Gasteiger partial charge in [0, 0.05) is 11.8 Å². The van der Waals surface area contributed by atoms with E-state index < -0.39 is 5.21 Å². The molecule has 0 N–H and O–H groups in total. The van der Waals surface area contributed by atoms with Gasteiger partial charge in [-0.15, -0.1) is 0 Å². The Morgan fingerprint density at radius 2 is 1.60 bits per heavy atom. The van der Waals surface area contributed by atoms with Gasteiger partial charge in [-0.2, -0.15) is 0 Å². The van der Waals surface area contributed by atoms with E-state index in [4.69, 9.17) is 15.7 Å². The molecule has 0 aliphatic rings. The molecule has 1 nitrogen and oxygen atoms in total. The second kappa shape index (κ2) is 5.12. The summed E-state index contributed by atoms with van der Waals surface area (Å²) in [6.45, 7) is 8.17. The molecule has 1 aromatic carbocycles. The third kappa shape index (κ3) is 2.67. The van der Waals surface area contributed by atoms with Crippen molar-refractivity contribution in [2.24, 2.45) is 5.41 Å². The summed E-state index contributed by atoms with van der Waals surface area (Å²) in [6.07, 6.45) is 1.78. The molecule has 0 saturated heterocycles. The first-order valence-electron chi connectivity index (χ1n) is 6.84. The Kier molecular flexibility index (Phi) is 3.82. The first kappa shape index (κ1) is 14.9. The van der Waals surface area contributed by atoms with Crippen molar-refractivity contribution in [3.63, 3.8) is 0 Å². The van der Waals surface area contributed by atoms with Crippen molar-refractivity contribution in [2.45, 2.75) is 32.9 Å². The van der Waals surface area contributed by atoms with Gasteiger partial charge < -0.3 is 0 Å². The highest BCUT2D eigenvalue weighted by molar-refractivity contribution is 6.40. The maximum atomic E-state index is 6.27. The molecule has 0 amide bonds. The summed E-state index contributed by atoms with van der Waals surface area (Å²) in [5.41, 5.74) is 3.89. The topological polar surface area (TPSA) is 12.9 Å². The second-order valence-electron chi connectivity index (χ2n) is 6.37. The van der Waals surface area contributed by atoms with Crippen LogP contribution in [0, 0.1) is 12.3 Å². The number of hydrogen-bond donors (Lipinski definition) is 0. The van der Waals surface area contributed by atoms with Crippen molar-refractivity contribution in [1.29, 1.82) is 0 Å². The van der Waals surface area contributed by atoms with E-state index >= 15 is 0 Å². The van der Waals surface area contributed by atoms with Crippen LogP contribution in [0.15, 0.2) is 42.6 Å². The van der Waals surface area contributed by atoms with Gasteiger partial charge in [0.25, 0.3) is 0 Å². The summed E-state index contributed by atoms with van der Waals surface area (Å²) in [5.74, 6) is 0. The lowest BCUT2D eigenvalue weighted by Crippen LogP contribution is -2.41. The van der Waals surface area contributed by atoms with E-state index in [0.717, 1.165) is 16.8 Å². The van der Waals surface area contributed by atoms with Gasteiger partial charge in [-0.05, 0) is 29.5 Å². The molecule has 0 bridgehead atoms. The lowest BCUT2D eigenvalue weighted by molar-refractivity contribution is 0.358. The monoisotopic (exact) mass is 259 g/mol. The van der Waals surface area contributed by atoms with Crippen LogP contribution in [-0.4, -0.2) is 20.7 Å². The van der Waals surface area contributed by atoms with Crippen LogP contribution in [0.1, 0.15) is 31.9 Å². The molecule has 0 unspecified atom stereocenters. The molecule has 0 spiro atoms. The third-order valence-corrected chi connectivity index (χ3v) is 3.90. The Morgan fingerprint density at radius 3 is 2.10 bits per heavy atom. The van der Waals surface area contributed by atoms with Crippen LogP contribution in [0.5, 0.6) is 0 Å². The van der Waals surface area contributed by atoms with Crippen LogP contribution in [0.25, 0.3) is 11.3 Å². The van der Waals surface area contributed by atoms with Gasteiger partial charge >= 0.3 is 0 Å². The summed E-state index contributed by atoms with van der Waals surface area (Å²) in [7, 11) is 12.5. The van der Waals surface area contributed by atoms with E-state index in [0.29, 0.717) is 0 Å². The fraction of sp³-hybridized carbons (Fsp3) is 0.353. The number of aryl methyl sites for hydroxylation is 1. The average molecular weight is 259 g/mol. The zero-order valence-electron chi connectivity index (χ0n) is 12.6. The van der Waals surface area contributed by atoms with Gasteiger partial charge in [-0.25, -0.2) is 0 Å². The molecule has 4 radical (unpaired) electrons. The summed E-state index contributed by atoms with van der Waals surface area (Å²) >= 11 is 0. The number of rotatable bonds is 2. The average Bonchev–Trinajstić information content (AvgIpc) is 2.38. The summed E-state index contributed by atoms with van der Waals surface area (Å²) < 4.78 is 0. The molecule has 0 saturated carbocycles. The maximum absolute atomic E-state index is 6.27. The molecule has 0 aliphatic heterocycles. The molecular weight excluding hydrogens is 240 g/mol. The smallest absolute Gasteiger partial charge is 0.0704 e. The molecule has 3 heteroatoms. The number of nitrogens with zero attached hydrogens (tertiary/aromatic N) is 1. The lowest BCUT2D eigenvalue weighted by Gasteiger charge is -2.40. The van der Waals surface area contributed by atoms with E-state index in [1.54, 1.807) is 6.20 Å². The molecule has 0 atom stereocenters. The lowest BCUT2D eigenvalue weighted by atomic mass is 9.41. The highest BCUT2D eigenvalue weighted by atomic mass is 14.7.